The van der Waals surface area contributed by atoms with Gasteiger partial charge in [0.05, 0.1) is 5.75 Å². The number of amides is 1. The smallest absolute Gasteiger partial charge is 0.220 e. The van der Waals surface area contributed by atoms with Crippen molar-refractivity contribution in [1.29, 1.82) is 0 Å². The van der Waals surface area contributed by atoms with Gasteiger partial charge >= 0.3 is 0 Å². The molecule has 0 saturated carbocycles. The van der Waals surface area contributed by atoms with E-state index in [1.54, 1.807) is 19.9 Å². The molecule has 0 unspecified atom stereocenters. The molecule has 2 aromatic carbocycles. The lowest BCUT2D eigenvalue weighted by Gasteiger charge is -2.13. The highest BCUT2D eigenvalue weighted by Gasteiger charge is 2.15. The van der Waals surface area contributed by atoms with Gasteiger partial charge in [0.25, 0.3) is 0 Å². The Morgan fingerprint density at radius 2 is 1.57 bits per heavy atom. The van der Waals surface area contributed by atoms with Crippen LogP contribution in [0.15, 0.2) is 48.5 Å². The van der Waals surface area contributed by atoms with E-state index in [-0.39, 0.29) is 17.7 Å². The summed E-state index contributed by atoms with van der Waals surface area (Å²) < 4.78 is 27.0. The van der Waals surface area contributed by atoms with Crippen LogP contribution >= 0.6 is 0 Å². The van der Waals surface area contributed by atoms with E-state index >= 15 is 0 Å². The molecular formula is C22H30N2O3S. The van der Waals surface area contributed by atoms with E-state index in [1.165, 1.54) is 5.56 Å². The van der Waals surface area contributed by atoms with Crippen LogP contribution < -0.4 is 10.0 Å². The minimum Gasteiger partial charge on any atom is -0.352 e. The molecule has 0 aliphatic carbocycles. The third-order valence-electron chi connectivity index (χ3n) is 4.43. The molecular weight excluding hydrogens is 372 g/mol. The first-order valence-corrected chi connectivity index (χ1v) is 11.4. The zero-order chi connectivity index (χ0) is 20.6. The van der Waals surface area contributed by atoms with Crippen LogP contribution in [0, 0.1) is 0 Å². The van der Waals surface area contributed by atoms with Gasteiger partial charge in [0.15, 0.2) is 0 Å². The second-order valence-corrected chi connectivity index (χ2v) is 9.00. The summed E-state index contributed by atoms with van der Waals surface area (Å²) in [4.78, 5) is 12.2. The summed E-state index contributed by atoms with van der Waals surface area (Å²) in [5.74, 6) is -0.140. The molecule has 2 aromatic rings. The van der Waals surface area contributed by atoms with Crippen LogP contribution in [-0.4, -0.2) is 20.4 Å². The van der Waals surface area contributed by atoms with Crippen molar-refractivity contribution in [3.63, 3.8) is 0 Å². The topological polar surface area (TPSA) is 75.3 Å². The van der Waals surface area contributed by atoms with Gasteiger partial charge in [-0.3, -0.25) is 4.79 Å². The van der Waals surface area contributed by atoms with Crippen LogP contribution in [0.2, 0.25) is 0 Å². The Morgan fingerprint density at radius 3 is 2.18 bits per heavy atom. The maximum Gasteiger partial charge on any atom is 0.220 e. The second kappa shape index (κ2) is 10.4. The highest BCUT2D eigenvalue weighted by Crippen LogP contribution is 2.13. The Hall–Kier alpha value is -2.18. The Labute approximate surface area is 168 Å². The van der Waals surface area contributed by atoms with E-state index in [1.807, 2.05) is 18.2 Å². The number of aryl methyl sites for hydroxylation is 2. The SMILES string of the molecule is CCc1ccc(CCC(=O)NCc2ccccc2CS(=O)(=O)NC(C)C)cc1. The zero-order valence-electron chi connectivity index (χ0n) is 16.9. The second-order valence-electron chi connectivity index (χ2n) is 7.25. The van der Waals surface area contributed by atoms with Crippen molar-refractivity contribution in [3.05, 3.63) is 70.8 Å². The molecule has 0 aliphatic heterocycles. The van der Waals surface area contributed by atoms with Gasteiger partial charge in [0.2, 0.25) is 15.9 Å². The van der Waals surface area contributed by atoms with Gasteiger partial charge in [0, 0.05) is 19.0 Å². The largest absolute Gasteiger partial charge is 0.352 e. The Balaban J connectivity index is 1.90. The highest BCUT2D eigenvalue weighted by atomic mass is 32.2. The summed E-state index contributed by atoms with van der Waals surface area (Å²) in [6.45, 7) is 6.02. The lowest BCUT2D eigenvalue weighted by atomic mass is 10.1. The summed E-state index contributed by atoms with van der Waals surface area (Å²) in [5.41, 5.74) is 3.94. The van der Waals surface area contributed by atoms with Gasteiger partial charge in [-0.25, -0.2) is 13.1 Å². The van der Waals surface area contributed by atoms with Gasteiger partial charge in [-0.05, 0) is 48.9 Å². The van der Waals surface area contributed by atoms with Gasteiger partial charge in [-0.2, -0.15) is 0 Å². The predicted molar refractivity (Wildman–Crippen MR) is 113 cm³/mol. The monoisotopic (exact) mass is 402 g/mol. The third-order valence-corrected chi connectivity index (χ3v) is 5.95. The van der Waals surface area contributed by atoms with Crippen molar-refractivity contribution in [2.45, 2.75) is 58.4 Å². The van der Waals surface area contributed by atoms with Crippen molar-refractivity contribution in [3.8, 4) is 0 Å². The molecule has 0 heterocycles. The number of rotatable bonds is 10. The van der Waals surface area contributed by atoms with Crippen molar-refractivity contribution in [2.24, 2.45) is 0 Å². The number of benzene rings is 2. The standard InChI is InChI=1S/C22H30N2O3S/c1-4-18-9-11-19(12-10-18)13-14-22(25)23-15-20-7-5-6-8-21(20)16-28(26,27)24-17(2)3/h5-12,17,24H,4,13-16H2,1-3H3,(H,23,25). The van der Waals surface area contributed by atoms with Crippen LogP contribution in [-0.2, 0) is 40.0 Å². The molecule has 0 radical (unpaired) electrons. The minimum absolute atomic E-state index is 0.0440. The van der Waals surface area contributed by atoms with E-state index in [4.69, 9.17) is 0 Å². The maximum absolute atomic E-state index is 12.2. The average Bonchev–Trinajstić information content (AvgIpc) is 2.64. The van der Waals surface area contributed by atoms with Crippen LogP contribution in [0.4, 0.5) is 0 Å². The van der Waals surface area contributed by atoms with Crippen LogP contribution in [0.5, 0.6) is 0 Å². The van der Waals surface area contributed by atoms with Crippen LogP contribution in [0.25, 0.3) is 0 Å². The predicted octanol–water partition coefficient (Wildman–Crippen LogP) is 3.33. The number of nitrogens with one attached hydrogen (secondary N) is 2. The molecule has 2 rings (SSSR count). The van der Waals surface area contributed by atoms with E-state index < -0.39 is 10.0 Å². The lowest BCUT2D eigenvalue weighted by molar-refractivity contribution is -0.121. The van der Waals surface area contributed by atoms with Gasteiger partial charge in [-0.15, -0.1) is 0 Å². The molecule has 6 heteroatoms. The molecule has 1 amide bonds. The third kappa shape index (κ3) is 7.44. The Morgan fingerprint density at radius 1 is 0.964 bits per heavy atom. The highest BCUT2D eigenvalue weighted by molar-refractivity contribution is 7.88. The fourth-order valence-electron chi connectivity index (χ4n) is 2.96. The number of hydrogen-bond acceptors (Lipinski definition) is 3. The minimum atomic E-state index is -3.41. The van der Waals surface area contributed by atoms with Crippen LogP contribution in [0.3, 0.4) is 0 Å². The molecule has 0 fully saturated rings. The number of carbonyl (C=O) groups is 1. The molecule has 0 aliphatic rings. The quantitative estimate of drug-likeness (QED) is 0.640. The summed E-state index contributed by atoms with van der Waals surface area (Å²) in [6, 6.07) is 15.5. The fraction of sp³-hybridized carbons (Fsp3) is 0.409. The molecule has 152 valence electrons. The number of hydrogen-bond donors (Lipinski definition) is 2. The summed E-state index contributed by atoms with van der Waals surface area (Å²) in [7, 11) is -3.41. The molecule has 0 spiro atoms. The van der Waals surface area contributed by atoms with Gasteiger partial charge in [0.1, 0.15) is 0 Å². The van der Waals surface area contributed by atoms with E-state index in [2.05, 4.69) is 41.2 Å². The lowest BCUT2D eigenvalue weighted by Crippen LogP contribution is -2.32. The first-order valence-electron chi connectivity index (χ1n) is 9.70. The van der Waals surface area contributed by atoms with Crippen molar-refractivity contribution < 1.29 is 13.2 Å². The number of sulfonamides is 1. The molecule has 28 heavy (non-hydrogen) atoms. The normalized spacial score (nSPS) is 11.6. The number of carbonyl (C=O) groups excluding carboxylic acids is 1. The average molecular weight is 403 g/mol. The van der Waals surface area contributed by atoms with Crippen molar-refractivity contribution in [1.82, 2.24) is 10.0 Å². The summed E-state index contributed by atoms with van der Waals surface area (Å²) in [5, 5.41) is 2.90. The fourth-order valence-corrected chi connectivity index (χ4v) is 4.45. The molecule has 0 bridgehead atoms. The van der Waals surface area contributed by atoms with Gasteiger partial charge < -0.3 is 5.32 Å². The van der Waals surface area contributed by atoms with Crippen LogP contribution in [0.1, 0.15) is 49.4 Å². The molecule has 5 nitrogen and oxygen atoms in total. The van der Waals surface area contributed by atoms with E-state index in [0.717, 1.165) is 17.5 Å². The van der Waals surface area contributed by atoms with Gasteiger partial charge in [-0.1, -0.05) is 55.5 Å². The van der Waals surface area contributed by atoms with E-state index in [0.29, 0.717) is 24.9 Å². The zero-order valence-corrected chi connectivity index (χ0v) is 17.7. The Kier molecular flexibility index (Phi) is 8.20. The Bertz CT molecular complexity index is 875. The summed E-state index contributed by atoms with van der Waals surface area (Å²) >= 11 is 0. The van der Waals surface area contributed by atoms with Crippen molar-refractivity contribution >= 4 is 15.9 Å². The van der Waals surface area contributed by atoms with Crippen molar-refractivity contribution in [2.75, 3.05) is 0 Å². The van der Waals surface area contributed by atoms with E-state index in [9.17, 15) is 13.2 Å². The first kappa shape index (κ1) is 22.1. The summed E-state index contributed by atoms with van der Waals surface area (Å²) in [6.07, 6.45) is 2.09. The molecule has 0 aromatic heterocycles. The maximum atomic E-state index is 12.2. The molecule has 0 saturated heterocycles. The first-order chi connectivity index (χ1) is 13.3. The molecule has 2 N–H and O–H groups in total. The molecule has 0 atom stereocenters.